The number of hydrogen-bond acceptors (Lipinski definition) is 4. The van der Waals surface area contributed by atoms with Crippen LogP contribution >= 0.6 is 11.3 Å². The summed E-state index contributed by atoms with van der Waals surface area (Å²) in [6.07, 6.45) is 3.65. The normalized spacial score (nSPS) is 10.4. The highest BCUT2D eigenvalue weighted by Gasteiger charge is 2.12. The van der Waals surface area contributed by atoms with E-state index in [1.807, 2.05) is 59.1 Å². The fourth-order valence-corrected chi connectivity index (χ4v) is 3.15. The molecular weight excluding hydrogens is 304 g/mol. The molecule has 4 heterocycles. The summed E-state index contributed by atoms with van der Waals surface area (Å²) < 4.78 is 1.88. The fourth-order valence-electron chi connectivity index (χ4n) is 2.29. The Balaban J connectivity index is 1.70. The van der Waals surface area contributed by atoms with E-state index in [0.717, 1.165) is 26.8 Å². The first-order valence-corrected chi connectivity index (χ1v) is 7.89. The Hall–Kier alpha value is -3.10. The third kappa shape index (κ3) is 2.56. The Kier molecular flexibility index (Phi) is 3.30. The third-order valence-electron chi connectivity index (χ3n) is 3.38. The highest BCUT2D eigenvalue weighted by atomic mass is 32.1. The molecule has 0 amide bonds. The van der Waals surface area contributed by atoms with E-state index in [0.29, 0.717) is 5.82 Å². The summed E-state index contributed by atoms with van der Waals surface area (Å²) >= 11 is 1.58. The molecule has 0 saturated carbocycles. The molecule has 0 aliphatic carbocycles. The molecule has 0 aliphatic rings. The number of fused-ring (bicyclic) bond motifs is 1. The summed E-state index contributed by atoms with van der Waals surface area (Å²) in [7, 11) is 0. The number of nitrogen functional groups attached to an aromatic ring is 1. The average molecular weight is 316 g/mol. The topological polar surface area (TPSA) is 56.2 Å². The minimum absolute atomic E-state index is 0.645. The van der Waals surface area contributed by atoms with E-state index in [4.69, 9.17) is 5.73 Å². The van der Waals surface area contributed by atoms with Crippen LogP contribution in [0.5, 0.6) is 0 Å². The first-order chi connectivity index (χ1) is 11.3. The van der Waals surface area contributed by atoms with Gasteiger partial charge in [-0.1, -0.05) is 12.1 Å². The molecule has 0 radical (unpaired) electrons. The zero-order chi connectivity index (χ0) is 15.6. The van der Waals surface area contributed by atoms with Crippen molar-refractivity contribution in [2.24, 2.45) is 0 Å². The molecule has 0 saturated heterocycles. The molecule has 110 valence electrons. The molecule has 0 bridgehead atoms. The molecule has 0 aromatic carbocycles. The Morgan fingerprint density at radius 1 is 1.00 bits per heavy atom. The summed E-state index contributed by atoms with van der Waals surface area (Å²) in [5, 5.41) is 0. The van der Waals surface area contributed by atoms with Gasteiger partial charge in [0.15, 0.2) is 0 Å². The van der Waals surface area contributed by atoms with E-state index in [9.17, 15) is 0 Å². The molecule has 5 heteroatoms. The third-order valence-corrected chi connectivity index (χ3v) is 4.39. The van der Waals surface area contributed by atoms with Crippen molar-refractivity contribution in [1.29, 1.82) is 0 Å². The average Bonchev–Trinajstić information content (AvgIpc) is 3.19. The zero-order valence-electron chi connectivity index (χ0n) is 12.1. The van der Waals surface area contributed by atoms with Gasteiger partial charge in [0.05, 0.1) is 9.75 Å². The van der Waals surface area contributed by atoms with Gasteiger partial charge in [-0.25, -0.2) is 9.97 Å². The summed E-state index contributed by atoms with van der Waals surface area (Å²) in [5.41, 5.74) is 8.61. The molecule has 0 fully saturated rings. The zero-order valence-corrected chi connectivity index (χ0v) is 12.9. The maximum Gasteiger partial charge on any atom is 0.139 e. The van der Waals surface area contributed by atoms with Gasteiger partial charge in [0.2, 0.25) is 0 Å². The minimum atomic E-state index is 0.645. The van der Waals surface area contributed by atoms with Crippen LogP contribution in [0.15, 0.2) is 60.9 Å². The summed E-state index contributed by atoms with van der Waals surface area (Å²) in [5.74, 6) is 6.84. The Bertz CT molecular complexity index is 1040. The molecule has 0 atom stereocenters. The lowest BCUT2D eigenvalue weighted by Crippen LogP contribution is -1.92. The van der Waals surface area contributed by atoms with E-state index < -0.39 is 0 Å². The van der Waals surface area contributed by atoms with Gasteiger partial charge in [-0.2, -0.15) is 0 Å². The maximum atomic E-state index is 6.21. The number of thiophene rings is 1. The number of anilines is 1. The van der Waals surface area contributed by atoms with Crippen LogP contribution in [-0.4, -0.2) is 14.4 Å². The highest BCUT2D eigenvalue weighted by molar-refractivity contribution is 7.16. The minimum Gasteiger partial charge on any atom is -0.383 e. The van der Waals surface area contributed by atoms with Crippen LogP contribution in [-0.2, 0) is 0 Å². The molecule has 4 aromatic rings. The Labute approximate surface area is 137 Å². The Morgan fingerprint density at radius 2 is 1.91 bits per heavy atom. The summed E-state index contributed by atoms with van der Waals surface area (Å²) in [4.78, 5) is 10.8. The Morgan fingerprint density at radius 3 is 2.74 bits per heavy atom. The van der Waals surface area contributed by atoms with E-state index >= 15 is 0 Å². The van der Waals surface area contributed by atoms with E-state index in [-0.39, 0.29) is 0 Å². The number of pyridine rings is 2. The van der Waals surface area contributed by atoms with Gasteiger partial charge in [0.1, 0.15) is 22.9 Å². The summed E-state index contributed by atoms with van der Waals surface area (Å²) in [6.45, 7) is 0. The monoisotopic (exact) mass is 316 g/mol. The van der Waals surface area contributed by atoms with Crippen molar-refractivity contribution in [2.45, 2.75) is 0 Å². The maximum absolute atomic E-state index is 6.21. The largest absolute Gasteiger partial charge is 0.383 e. The first kappa shape index (κ1) is 13.6. The molecule has 23 heavy (non-hydrogen) atoms. The molecular formula is C18H12N4S. The van der Waals surface area contributed by atoms with E-state index in [1.54, 1.807) is 17.5 Å². The van der Waals surface area contributed by atoms with Gasteiger partial charge in [0, 0.05) is 12.4 Å². The summed E-state index contributed by atoms with van der Waals surface area (Å²) in [6, 6.07) is 15.5. The second-order valence-electron chi connectivity index (χ2n) is 4.90. The molecule has 0 aliphatic heterocycles. The fraction of sp³-hybridized carbons (Fsp3) is 0. The lowest BCUT2D eigenvalue weighted by atomic mass is 10.3. The SMILES string of the molecule is Nc1c(-c2ccc(C#Cc3ccccn3)s2)nc2ccccn12. The van der Waals surface area contributed by atoms with Crippen molar-refractivity contribution in [2.75, 3.05) is 5.73 Å². The number of nitrogens with two attached hydrogens (primary N) is 1. The lowest BCUT2D eigenvalue weighted by Gasteiger charge is -1.95. The van der Waals surface area contributed by atoms with Crippen LogP contribution in [0.1, 0.15) is 10.6 Å². The van der Waals surface area contributed by atoms with Gasteiger partial charge in [0.25, 0.3) is 0 Å². The predicted octanol–water partition coefficient (Wildman–Crippen LogP) is 3.44. The van der Waals surface area contributed by atoms with Gasteiger partial charge >= 0.3 is 0 Å². The number of nitrogens with zero attached hydrogens (tertiary/aromatic N) is 3. The quantitative estimate of drug-likeness (QED) is 0.547. The van der Waals surface area contributed by atoms with Crippen LogP contribution in [0.2, 0.25) is 0 Å². The number of imidazole rings is 1. The predicted molar refractivity (Wildman–Crippen MR) is 93.1 cm³/mol. The van der Waals surface area contributed by atoms with Crippen molar-refractivity contribution in [3.8, 4) is 22.4 Å². The van der Waals surface area contributed by atoms with Crippen molar-refractivity contribution < 1.29 is 0 Å². The molecule has 0 spiro atoms. The van der Waals surface area contributed by atoms with E-state index in [1.165, 1.54) is 0 Å². The highest BCUT2D eigenvalue weighted by Crippen LogP contribution is 2.31. The van der Waals surface area contributed by atoms with Crippen LogP contribution in [0.4, 0.5) is 5.82 Å². The van der Waals surface area contributed by atoms with Crippen molar-refractivity contribution >= 4 is 22.8 Å². The molecule has 2 N–H and O–H groups in total. The number of rotatable bonds is 1. The smallest absolute Gasteiger partial charge is 0.139 e. The number of hydrogen-bond donors (Lipinski definition) is 1. The van der Waals surface area contributed by atoms with Crippen LogP contribution in [0, 0.1) is 11.8 Å². The lowest BCUT2D eigenvalue weighted by molar-refractivity contribution is 1.20. The molecule has 4 nitrogen and oxygen atoms in total. The van der Waals surface area contributed by atoms with Crippen LogP contribution in [0.25, 0.3) is 16.2 Å². The van der Waals surface area contributed by atoms with Crippen LogP contribution in [0.3, 0.4) is 0 Å². The second kappa shape index (κ2) is 5.59. The molecule has 4 aromatic heterocycles. The van der Waals surface area contributed by atoms with E-state index in [2.05, 4.69) is 21.8 Å². The van der Waals surface area contributed by atoms with Gasteiger partial charge in [-0.05, 0) is 48.2 Å². The van der Waals surface area contributed by atoms with Gasteiger partial charge in [-0.15, -0.1) is 11.3 Å². The number of aromatic nitrogens is 3. The standard InChI is InChI=1S/C18H12N4S/c19-18-17(21-16-6-2-4-12-22(16)18)15-10-9-14(23-15)8-7-13-5-1-3-11-20-13/h1-6,9-12H,19H2. The van der Waals surface area contributed by atoms with Gasteiger partial charge < -0.3 is 5.73 Å². The van der Waals surface area contributed by atoms with Crippen LogP contribution < -0.4 is 5.73 Å². The first-order valence-electron chi connectivity index (χ1n) is 7.07. The molecule has 0 unspecified atom stereocenters. The van der Waals surface area contributed by atoms with Gasteiger partial charge in [-0.3, -0.25) is 4.40 Å². The molecule has 4 rings (SSSR count). The van der Waals surface area contributed by atoms with Crippen molar-refractivity contribution in [3.05, 3.63) is 71.5 Å². The second-order valence-corrected chi connectivity index (χ2v) is 5.99. The van der Waals surface area contributed by atoms with Crippen molar-refractivity contribution in [3.63, 3.8) is 0 Å². The van der Waals surface area contributed by atoms with Crippen molar-refractivity contribution in [1.82, 2.24) is 14.4 Å².